The second-order valence-corrected chi connectivity index (χ2v) is 13.0. The minimum atomic E-state index is -1.25. The van der Waals surface area contributed by atoms with Crippen LogP contribution in [-0.2, 0) is 36.8 Å². The molecule has 2 aromatic rings. The summed E-state index contributed by atoms with van der Waals surface area (Å²) < 4.78 is 26.0. The molecule has 3 atom stereocenters. The Balaban J connectivity index is 1.68. The van der Waals surface area contributed by atoms with Gasteiger partial charge in [-0.25, -0.2) is 9.18 Å². The van der Waals surface area contributed by atoms with Crippen LogP contribution in [0.3, 0.4) is 0 Å². The Hall–Kier alpha value is -3.95. The molecule has 3 amide bonds. The maximum absolute atomic E-state index is 15.4. The molecule has 43 heavy (non-hydrogen) atoms. The lowest BCUT2D eigenvalue weighted by molar-refractivity contribution is -0.159. The van der Waals surface area contributed by atoms with E-state index < -0.39 is 48.0 Å². The Kier molecular flexibility index (Phi) is 9.47. The van der Waals surface area contributed by atoms with Gasteiger partial charge in [0.15, 0.2) is 18.2 Å². The zero-order valence-electron chi connectivity index (χ0n) is 26.0. The lowest BCUT2D eigenvalue weighted by Crippen LogP contribution is -2.67. The third-order valence-electron chi connectivity index (χ3n) is 7.70. The summed E-state index contributed by atoms with van der Waals surface area (Å²) in [5.74, 6) is -2.97. The Morgan fingerprint density at radius 2 is 1.70 bits per heavy atom. The number of carbonyl (C=O) groups excluding carboxylic acids is 4. The summed E-state index contributed by atoms with van der Waals surface area (Å²) in [7, 11) is 3.11. The molecule has 2 aliphatic rings. The smallest absolute Gasteiger partial charge is 0.344 e. The monoisotopic (exact) mass is 595 g/mol. The molecule has 0 saturated carbocycles. The SMILES string of the molecule is CC(C)C[C@@H]1C(=O)N[C@H](C2Cc3ccccc3C2)C(=O)N1[C@@H](C(=O)N(C)C)c1ccc(OCC(=O)OC(C)(C)C)c(F)c1. The number of piperazine rings is 1. The fraction of sp³-hybridized carbons (Fsp3) is 0.515. The number of ether oxygens (including phenoxy) is 2. The summed E-state index contributed by atoms with van der Waals surface area (Å²) in [6, 6.07) is 8.89. The number of benzene rings is 2. The third kappa shape index (κ3) is 7.35. The van der Waals surface area contributed by atoms with Crippen molar-refractivity contribution in [2.45, 2.75) is 77.6 Å². The number of amides is 3. The number of esters is 1. The number of carbonyl (C=O) groups is 4. The summed E-state index contributed by atoms with van der Waals surface area (Å²) in [6.07, 6.45) is 1.58. The first-order chi connectivity index (χ1) is 20.2. The number of likely N-dealkylation sites (N-methyl/N-ethyl adjacent to an activating group) is 1. The van der Waals surface area contributed by atoms with E-state index >= 15 is 4.39 Å². The van der Waals surface area contributed by atoms with Gasteiger partial charge in [0.2, 0.25) is 17.7 Å². The molecule has 1 aliphatic carbocycles. The molecular weight excluding hydrogens is 553 g/mol. The van der Waals surface area contributed by atoms with E-state index in [0.717, 1.165) is 17.2 Å². The highest BCUT2D eigenvalue weighted by Gasteiger charge is 2.49. The molecule has 232 valence electrons. The van der Waals surface area contributed by atoms with Crippen LogP contribution in [0.5, 0.6) is 5.75 Å². The van der Waals surface area contributed by atoms with Crippen molar-refractivity contribution < 1.29 is 33.0 Å². The minimum Gasteiger partial charge on any atom is -0.479 e. The number of rotatable bonds is 9. The quantitative estimate of drug-likeness (QED) is 0.442. The van der Waals surface area contributed by atoms with E-state index in [1.54, 1.807) is 34.9 Å². The standard InChI is InChI=1S/C33H42FN3O6/c1-19(2)14-25-30(39)35-28(23-15-20-10-8-9-11-21(20)16-23)31(40)37(25)29(32(41)36(6)7)22-12-13-26(24(34)17-22)42-18-27(38)43-33(3,4)5/h8-13,17,19,23,25,28-29H,14-16,18H2,1-7H3,(H,35,39)/t25-,28-,29-/m1/s1. The normalized spacial score (nSPS) is 19.6. The maximum atomic E-state index is 15.4. The van der Waals surface area contributed by atoms with E-state index in [9.17, 15) is 19.2 Å². The van der Waals surface area contributed by atoms with Crippen LogP contribution in [0.25, 0.3) is 0 Å². The number of nitrogens with zero attached hydrogens (tertiary/aromatic N) is 2. The van der Waals surface area contributed by atoms with Gasteiger partial charge in [0, 0.05) is 14.1 Å². The average molecular weight is 596 g/mol. The molecule has 0 spiro atoms. The van der Waals surface area contributed by atoms with Crippen molar-refractivity contribution >= 4 is 23.7 Å². The Morgan fingerprint density at radius 3 is 2.23 bits per heavy atom. The fourth-order valence-corrected chi connectivity index (χ4v) is 5.85. The first-order valence-corrected chi connectivity index (χ1v) is 14.7. The van der Waals surface area contributed by atoms with Crippen LogP contribution < -0.4 is 10.1 Å². The molecule has 1 saturated heterocycles. The topological polar surface area (TPSA) is 105 Å². The van der Waals surface area contributed by atoms with Gasteiger partial charge in [-0.2, -0.15) is 0 Å². The van der Waals surface area contributed by atoms with Crippen LogP contribution in [0.15, 0.2) is 42.5 Å². The predicted molar refractivity (Wildman–Crippen MR) is 159 cm³/mol. The second-order valence-electron chi connectivity index (χ2n) is 13.0. The molecule has 2 aromatic carbocycles. The molecule has 10 heteroatoms. The van der Waals surface area contributed by atoms with E-state index in [2.05, 4.69) is 5.32 Å². The van der Waals surface area contributed by atoms with Gasteiger partial charge in [-0.15, -0.1) is 0 Å². The lowest BCUT2D eigenvalue weighted by Gasteiger charge is -2.45. The highest BCUT2D eigenvalue weighted by molar-refractivity contribution is 6.00. The van der Waals surface area contributed by atoms with E-state index in [-0.39, 0.29) is 35.0 Å². The zero-order valence-corrected chi connectivity index (χ0v) is 26.0. The molecule has 1 aliphatic heterocycles. The van der Waals surface area contributed by atoms with Gasteiger partial charge in [-0.05, 0) is 80.7 Å². The molecule has 0 aromatic heterocycles. The van der Waals surface area contributed by atoms with Crippen molar-refractivity contribution in [1.29, 1.82) is 0 Å². The minimum absolute atomic E-state index is 0.0359. The maximum Gasteiger partial charge on any atom is 0.344 e. The highest BCUT2D eigenvalue weighted by atomic mass is 19.1. The van der Waals surface area contributed by atoms with Gasteiger partial charge in [0.25, 0.3) is 0 Å². The predicted octanol–water partition coefficient (Wildman–Crippen LogP) is 3.83. The Bertz CT molecular complexity index is 1360. The summed E-state index contributed by atoms with van der Waals surface area (Å²) in [6.45, 7) is 8.52. The zero-order chi connectivity index (χ0) is 31.6. The summed E-state index contributed by atoms with van der Waals surface area (Å²) in [5.41, 5.74) is 1.75. The number of nitrogens with one attached hydrogen (secondary N) is 1. The van der Waals surface area contributed by atoms with Gasteiger partial charge in [0.05, 0.1) is 0 Å². The summed E-state index contributed by atoms with van der Waals surface area (Å²) in [4.78, 5) is 56.6. The highest BCUT2D eigenvalue weighted by Crippen LogP contribution is 2.36. The first-order valence-electron chi connectivity index (χ1n) is 14.7. The number of fused-ring (bicyclic) bond motifs is 1. The van der Waals surface area contributed by atoms with Crippen molar-refractivity contribution in [3.63, 3.8) is 0 Å². The van der Waals surface area contributed by atoms with Crippen LogP contribution in [0.4, 0.5) is 4.39 Å². The van der Waals surface area contributed by atoms with E-state index in [0.29, 0.717) is 19.3 Å². The van der Waals surface area contributed by atoms with Gasteiger partial charge in [0.1, 0.15) is 23.7 Å². The number of hydrogen-bond donors (Lipinski definition) is 1. The van der Waals surface area contributed by atoms with Crippen LogP contribution in [0.1, 0.15) is 63.8 Å². The van der Waals surface area contributed by atoms with Crippen LogP contribution >= 0.6 is 0 Å². The molecular formula is C33H42FN3O6. The third-order valence-corrected chi connectivity index (χ3v) is 7.70. The molecule has 0 bridgehead atoms. The van der Waals surface area contributed by atoms with E-state index in [4.69, 9.17) is 9.47 Å². The Morgan fingerprint density at radius 1 is 1.07 bits per heavy atom. The first kappa shape index (κ1) is 32.0. The van der Waals surface area contributed by atoms with Crippen LogP contribution in [-0.4, -0.2) is 71.9 Å². The summed E-state index contributed by atoms with van der Waals surface area (Å²) in [5, 5.41) is 2.97. The van der Waals surface area contributed by atoms with Gasteiger partial charge < -0.3 is 24.6 Å². The van der Waals surface area contributed by atoms with Gasteiger partial charge in [-0.1, -0.05) is 44.2 Å². The van der Waals surface area contributed by atoms with Crippen molar-refractivity contribution in [2.24, 2.45) is 11.8 Å². The van der Waals surface area contributed by atoms with E-state index in [1.165, 1.54) is 21.9 Å². The van der Waals surface area contributed by atoms with Gasteiger partial charge in [-0.3, -0.25) is 14.4 Å². The Labute approximate surface area is 252 Å². The summed E-state index contributed by atoms with van der Waals surface area (Å²) >= 11 is 0. The van der Waals surface area contributed by atoms with Crippen LogP contribution in [0.2, 0.25) is 0 Å². The molecule has 1 N–H and O–H groups in total. The molecule has 9 nitrogen and oxygen atoms in total. The van der Waals surface area contributed by atoms with Crippen molar-refractivity contribution in [2.75, 3.05) is 20.7 Å². The fourth-order valence-electron chi connectivity index (χ4n) is 5.85. The largest absolute Gasteiger partial charge is 0.479 e. The number of hydrogen-bond acceptors (Lipinski definition) is 6. The van der Waals surface area contributed by atoms with Crippen LogP contribution in [0, 0.1) is 17.7 Å². The lowest BCUT2D eigenvalue weighted by atomic mass is 9.88. The van der Waals surface area contributed by atoms with Crippen molar-refractivity contribution in [3.05, 3.63) is 65.0 Å². The molecule has 1 fully saturated rings. The number of halogens is 1. The molecule has 4 rings (SSSR count). The molecule has 0 unspecified atom stereocenters. The van der Waals surface area contributed by atoms with Crippen molar-refractivity contribution in [3.8, 4) is 5.75 Å². The molecule has 1 heterocycles. The van der Waals surface area contributed by atoms with Gasteiger partial charge >= 0.3 is 5.97 Å². The second kappa shape index (κ2) is 12.7. The average Bonchev–Trinajstić information content (AvgIpc) is 3.34. The van der Waals surface area contributed by atoms with Crippen molar-refractivity contribution in [1.82, 2.24) is 15.1 Å². The van der Waals surface area contributed by atoms with E-state index in [1.807, 2.05) is 38.1 Å². The molecule has 0 radical (unpaired) electrons.